The lowest BCUT2D eigenvalue weighted by Crippen LogP contribution is -2.36. The number of aromatic amines is 1. The summed E-state index contributed by atoms with van der Waals surface area (Å²) in [5.41, 5.74) is 0.814. The van der Waals surface area contributed by atoms with Crippen molar-refractivity contribution >= 4 is 26.9 Å². The van der Waals surface area contributed by atoms with Crippen molar-refractivity contribution in [1.29, 1.82) is 0 Å². The molecule has 0 aromatic carbocycles. The Labute approximate surface area is 148 Å². The van der Waals surface area contributed by atoms with Gasteiger partial charge < -0.3 is 9.88 Å². The van der Waals surface area contributed by atoms with Crippen LogP contribution in [-0.4, -0.2) is 60.1 Å². The number of fused-ring (bicyclic) bond motifs is 2. The first-order valence-electron chi connectivity index (χ1n) is 8.59. The van der Waals surface area contributed by atoms with Gasteiger partial charge in [0.2, 0.25) is 10.0 Å². The van der Waals surface area contributed by atoms with Crippen molar-refractivity contribution in [2.75, 3.05) is 31.3 Å². The summed E-state index contributed by atoms with van der Waals surface area (Å²) < 4.78 is 25.6. The summed E-state index contributed by atoms with van der Waals surface area (Å²) in [5.74, 6) is 0.934. The normalized spacial score (nSPS) is 33.0. The molecule has 7 nitrogen and oxygen atoms in total. The highest BCUT2D eigenvalue weighted by atomic mass is 32.2. The van der Waals surface area contributed by atoms with Gasteiger partial charge in [-0.3, -0.25) is 0 Å². The van der Waals surface area contributed by atoms with Gasteiger partial charge >= 0.3 is 0 Å². The molecule has 1 unspecified atom stereocenters. The van der Waals surface area contributed by atoms with Gasteiger partial charge in [-0.05, 0) is 29.7 Å². The lowest BCUT2D eigenvalue weighted by Gasteiger charge is -2.32. The lowest BCUT2D eigenvalue weighted by molar-refractivity contribution is 0.184. The zero-order valence-electron chi connectivity index (χ0n) is 15.2. The number of rotatable bonds is 3. The minimum atomic E-state index is -3.14. The fourth-order valence-electron chi connectivity index (χ4n) is 4.77. The standard InChI is InChI=1S/C17H25N5O2S/c1-16-7-12(8-17(16,2)10-22(9-16)25(4,23)24)21(3)15-13-5-6-18-14(13)19-11-20-15/h5-6,11-12H,7-10H2,1-4H3,(H,18,19,20)/t12?,16-,17+. The Hall–Kier alpha value is -1.67. The molecule has 1 aliphatic heterocycles. The van der Waals surface area contributed by atoms with E-state index in [4.69, 9.17) is 0 Å². The molecule has 1 aliphatic carbocycles. The van der Waals surface area contributed by atoms with Crippen LogP contribution in [0.1, 0.15) is 26.7 Å². The van der Waals surface area contributed by atoms with Crippen molar-refractivity contribution in [1.82, 2.24) is 19.3 Å². The van der Waals surface area contributed by atoms with Gasteiger partial charge in [-0.1, -0.05) is 13.8 Å². The first-order valence-corrected chi connectivity index (χ1v) is 10.4. The summed E-state index contributed by atoms with van der Waals surface area (Å²) in [6, 6.07) is 2.34. The third kappa shape index (κ3) is 2.45. The Morgan fingerprint density at radius 1 is 1.24 bits per heavy atom. The van der Waals surface area contributed by atoms with Crippen molar-refractivity contribution in [3.63, 3.8) is 0 Å². The molecule has 0 bridgehead atoms. The molecular weight excluding hydrogens is 338 g/mol. The number of hydrogen-bond donors (Lipinski definition) is 1. The van der Waals surface area contributed by atoms with Crippen LogP contribution >= 0.6 is 0 Å². The maximum Gasteiger partial charge on any atom is 0.211 e. The zero-order chi connectivity index (χ0) is 18.0. The van der Waals surface area contributed by atoms with E-state index in [2.05, 4.69) is 40.7 Å². The molecule has 1 saturated heterocycles. The number of H-pyrrole nitrogens is 1. The maximum absolute atomic E-state index is 12.0. The Bertz CT molecular complexity index is 906. The number of nitrogens with one attached hydrogen (secondary N) is 1. The van der Waals surface area contributed by atoms with E-state index >= 15 is 0 Å². The lowest BCUT2D eigenvalue weighted by atomic mass is 9.71. The van der Waals surface area contributed by atoms with Crippen LogP contribution in [0.5, 0.6) is 0 Å². The van der Waals surface area contributed by atoms with E-state index in [0.717, 1.165) is 29.7 Å². The minimum Gasteiger partial charge on any atom is -0.356 e. The zero-order valence-corrected chi connectivity index (χ0v) is 16.0. The predicted molar refractivity (Wildman–Crippen MR) is 97.9 cm³/mol. The summed E-state index contributed by atoms with van der Waals surface area (Å²) in [5, 5.41) is 1.02. The van der Waals surface area contributed by atoms with Gasteiger partial charge in [-0.25, -0.2) is 22.7 Å². The molecule has 0 radical (unpaired) electrons. The summed E-state index contributed by atoms with van der Waals surface area (Å²) in [7, 11) is -1.05. The van der Waals surface area contributed by atoms with Crippen molar-refractivity contribution in [2.45, 2.75) is 32.7 Å². The minimum absolute atomic E-state index is 0.0146. The molecular formula is C17H25N5O2S. The Morgan fingerprint density at radius 3 is 2.48 bits per heavy atom. The van der Waals surface area contributed by atoms with Crippen LogP contribution in [0.25, 0.3) is 11.0 Å². The van der Waals surface area contributed by atoms with E-state index in [-0.39, 0.29) is 10.8 Å². The molecule has 1 saturated carbocycles. The van der Waals surface area contributed by atoms with Crippen LogP contribution in [0.4, 0.5) is 5.82 Å². The van der Waals surface area contributed by atoms with Crippen LogP contribution < -0.4 is 4.90 Å². The Morgan fingerprint density at radius 2 is 1.88 bits per heavy atom. The monoisotopic (exact) mass is 363 g/mol. The second-order valence-corrected chi connectivity index (χ2v) is 10.2. The quantitative estimate of drug-likeness (QED) is 0.900. The highest BCUT2D eigenvalue weighted by Gasteiger charge is 2.60. The molecule has 0 amide bonds. The third-order valence-electron chi connectivity index (χ3n) is 6.56. The summed E-state index contributed by atoms with van der Waals surface area (Å²) >= 11 is 0. The van der Waals surface area contributed by atoms with E-state index in [1.54, 1.807) is 10.6 Å². The fraction of sp³-hybridized carbons (Fsp3) is 0.647. The molecule has 8 heteroatoms. The number of nitrogens with zero attached hydrogens (tertiary/aromatic N) is 4. The summed E-state index contributed by atoms with van der Waals surface area (Å²) in [4.78, 5) is 14.2. The van der Waals surface area contributed by atoms with Gasteiger partial charge in [-0.15, -0.1) is 0 Å². The van der Waals surface area contributed by atoms with Gasteiger partial charge in [0.1, 0.15) is 17.8 Å². The number of hydrogen-bond acceptors (Lipinski definition) is 5. The van der Waals surface area contributed by atoms with Crippen LogP contribution in [0.3, 0.4) is 0 Å². The molecule has 2 aliphatic rings. The SMILES string of the molecule is CN(c1ncnc2[nH]ccc12)C1C[C@@]2(C)CN(S(C)(=O)=O)C[C@@]2(C)C1. The number of aromatic nitrogens is 3. The Balaban J connectivity index is 1.62. The molecule has 25 heavy (non-hydrogen) atoms. The Kier molecular flexibility index (Phi) is 3.47. The van der Waals surface area contributed by atoms with Crippen LogP contribution in [0.2, 0.25) is 0 Å². The topological polar surface area (TPSA) is 82.2 Å². The maximum atomic E-state index is 12.0. The molecule has 2 fully saturated rings. The molecule has 2 aromatic rings. The molecule has 1 N–H and O–H groups in total. The molecule has 136 valence electrons. The summed E-state index contributed by atoms with van der Waals surface area (Å²) in [6.45, 7) is 5.68. The van der Waals surface area contributed by atoms with Crippen molar-refractivity contribution in [3.8, 4) is 0 Å². The molecule has 0 spiro atoms. The predicted octanol–water partition coefficient (Wildman–Crippen LogP) is 1.84. The molecule has 3 heterocycles. The average Bonchev–Trinajstić information content (AvgIpc) is 3.14. The van der Waals surface area contributed by atoms with Crippen LogP contribution in [0.15, 0.2) is 18.6 Å². The van der Waals surface area contributed by atoms with E-state index in [9.17, 15) is 8.42 Å². The summed E-state index contributed by atoms with van der Waals surface area (Å²) in [6.07, 6.45) is 6.71. The van der Waals surface area contributed by atoms with Gasteiger partial charge in [0, 0.05) is 32.4 Å². The first kappa shape index (κ1) is 16.8. The van der Waals surface area contributed by atoms with Gasteiger partial charge in [0.05, 0.1) is 11.6 Å². The van der Waals surface area contributed by atoms with E-state index in [1.165, 1.54) is 6.26 Å². The van der Waals surface area contributed by atoms with Gasteiger partial charge in [-0.2, -0.15) is 0 Å². The van der Waals surface area contributed by atoms with Gasteiger partial charge in [0.25, 0.3) is 0 Å². The highest BCUT2D eigenvalue weighted by molar-refractivity contribution is 7.88. The van der Waals surface area contributed by atoms with E-state index in [1.807, 2.05) is 12.3 Å². The number of sulfonamides is 1. The van der Waals surface area contributed by atoms with E-state index < -0.39 is 10.0 Å². The molecule has 3 atom stereocenters. The average molecular weight is 363 g/mol. The number of anilines is 1. The van der Waals surface area contributed by atoms with Crippen molar-refractivity contribution in [3.05, 3.63) is 18.6 Å². The highest BCUT2D eigenvalue weighted by Crippen LogP contribution is 2.58. The fourth-order valence-corrected chi connectivity index (χ4v) is 5.81. The molecule has 2 aromatic heterocycles. The second kappa shape index (κ2) is 5.17. The van der Waals surface area contributed by atoms with Crippen molar-refractivity contribution < 1.29 is 8.42 Å². The van der Waals surface area contributed by atoms with E-state index in [0.29, 0.717) is 19.1 Å². The smallest absolute Gasteiger partial charge is 0.211 e. The van der Waals surface area contributed by atoms with Crippen molar-refractivity contribution in [2.24, 2.45) is 10.8 Å². The largest absolute Gasteiger partial charge is 0.356 e. The molecule has 4 rings (SSSR count). The van der Waals surface area contributed by atoms with Gasteiger partial charge in [0.15, 0.2) is 0 Å². The first-order chi connectivity index (χ1) is 11.6. The van der Waals surface area contributed by atoms with Crippen LogP contribution in [0, 0.1) is 10.8 Å². The van der Waals surface area contributed by atoms with Crippen LogP contribution in [-0.2, 0) is 10.0 Å². The third-order valence-corrected chi connectivity index (χ3v) is 7.76. The second-order valence-electron chi connectivity index (χ2n) is 8.26.